The van der Waals surface area contributed by atoms with Gasteiger partial charge < -0.3 is 9.47 Å². The maximum atomic E-state index is 12.9. The summed E-state index contributed by atoms with van der Waals surface area (Å²) in [6.45, 7) is 4.28. The molecule has 0 radical (unpaired) electrons. The Kier molecular flexibility index (Phi) is 5.79. The normalized spacial score (nSPS) is 11.2. The van der Waals surface area contributed by atoms with E-state index in [4.69, 9.17) is 9.47 Å². The maximum Gasteiger partial charge on any atom is 0.338 e. The summed E-state index contributed by atoms with van der Waals surface area (Å²) < 4.78 is 38.9. The lowest BCUT2D eigenvalue weighted by molar-refractivity contribution is 0.0526. The van der Waals surface area contributed by atoms with Gasteiger partial charge in [-0.25, -0.2) is 13.2 Å². The Hall–Kier alpha value is -3.13. The Bertz CT molecular complexity index is 1100. The van der Waals surface area contributed by atoms with Gasteiger partial charge in [-0.15, -0.1) is 0 Å². The van der Waals surface area contributed by atoms with Crippen LogP contribution in [0.5, 0.6) is 5.75 Å². The molecule has 1 aromatic heterocycles. The fourth-order valence-electron chi connectivity index (χ4n) is 2.73. The number of nitrogens with zero attached hydrogens (tertiary/aromatic N) is 1. The zero-order valence-electron chi connectivity index (χ0n) is 15.5. The second-order valence-electron chi connectivity index (χ2n) is 5.80. The van der Waals surface area contributed by atoms with Gasteiger partial charge in [0.25, 0.3) is 10.0 Å². The van der Waals surface area contributed by atoms with Crippen molar-refractivity contribution in [1.29, 1.82) is 0 Å². The van der Waals surface area contributed by atoms with Gasteiger partial charge in [0.15, 0.2) is 0 Å². The predicted octanol–water partition coefficient (Wildman–Crippen LogP) is 3.61. The minimum atomic E-state index is -3.88. The number of nitrogens with one attached hydrogen (secondary N) is 1. The van der Waals surface area contributed by atoms with Crippen LogP contribution in [0, 0.1) is 0 Å². The number of esters is 1. The molecule has 0 saturated heterocycles. The van der Waals surface area contributed by atoms with Crippen LogP contribution in [0.25, 0.3) is 10.9 Å². The first-order valence-electron chi connectivity index (χ1n) is 8.76. The number of aromatic nitrogens is 1. The minimum Gasteiger partial charge on any atom is -0.492 e. The van der Waals surface area contributed by atoms with E-state index in [0.29, 0.717) is 34.5 Å². The zero-order chi connectivity index (χ0) is 20.1. The van der Waals surface area contributed by atoms with Gasteiger partial charge in [0.2, 0.25) is 0 Å². The molecule has 0 fully saturated rings. The number of hydrogen-bond acceptors (Lipinski definition) is 6. The first-order valence-corrected chi connectivity index (χ1v) is 10.2. The Balaban J connectivity index is 1.93. The van der Waals surface area contributed by atoms with Crippen molar-refractivity contribution < 1.29 is 22.7 Å². The molecule has 3 rings (SSSR count). The highest BCUT2D eigenvalue weighted by molar-refractivity contribution is 7.93. The van der Waals surface area contributed by atoms with Gasteiger partial charge in [-0.3, -0.25) is 9.71 Å². The van der Waals surface area contributed by atoms with Gasteiger partial charge >= 0.3 is 5.97 Å². The standard InChI is InChI=1S/C20H20N2O5S/c1-3-26-17-11-12-18(16-6-5-13-21-19(16)17)28(24,25)22-15-9-7-14(8-10-15)20(23)27-4-2/h5-13,22H,3-4H2,1-2H3. The van der Waals surface area contributed by atoms with Crippen molar-refractivity contribution in [2.75, 3.05) is 17.9 Å². The summed E-state index contributed by atoms with van der Waals surface area (Å²) in [4.78, 5) is 16.1. The number of carbonyl (C=O) groups excluding carboxylic acids is 1. The quantitative estimate of drug-likeness (QED) is 0.609. The highest BCUT2D eigenvalue weighted by Crippen LogP contribution is 2.30. The fraction of sp³-hybridized carbons (Fsp3) is 0.200. The van der Waals surface area contributed by atoms with Crippen molar-refractivity contribution in [3.63, 3.8) is 0 Å². The number of ether oxygens (including phenoxy) is 2. The van der Waals surface area contributed by atoms with E-state index in [1.54, 1.807) is 31.3 Å². The van der Waals surface area contributed by atoms with Gasteiger partial charge in [0.05, 0.1) is 23.7 Å². The number of anilines is 1. The molecule has 0 bridgehead atoms. The fourth-order valence-corrected chi connectivity index (χ4v) is 3.98. The lowest BCUT2D eigenvalue weighted by Crippen LogP contribution is -2.14. The van der Waals surface area contributed by atoms with Gasteiger partial charge in [0, 0.05) is 17.3 Å². The number of pyridine rings is 1. The first kappa shape index (κ1) is 19.6. The van der Waals surface area contributed by atoms with Crippen molar-refractivity contribution in [3.8, 4) is 5.75 Å². The molecule has 146 valence electrons. The Morgan fingerprint density at radius 3 is 2.46 bits per heavy atom. The van der Waals surface area contributed by atoms with Gasteiger partial charge in [-0.1, -0.05) is 0 Å². The number of rotatable bonds is 7. The van der Waals surface area contributed by atoms with Crippen LogP contribution in [0.2, 0.25) is 0 Å². The summed E-state index contributed by atoms with van der Waals surface area (Å²) in [5.74, 6) is 0.0660. The summed E-state index contributed by atoms with van der Waals surface area (Å²) in [6, 6.07) is 12.5. The second kappa shape index (κ2) is 8.26. The molecule has 0 amide bonds. The van der Waals surface area contributed by atoms with Crippen molar-refractivity contribution in [1.82, 2.24) is 4.98 Å². The van der Waals surface area contributed by atoms with Crippen LogP contribution in [0.1, 0.15) is 24.2 Å². The Morgan fingerprint density at radius 1 is 1.04 bits per heavy atom. The predicted molar refractivity (Wildman–Crippen MR) is 106 cm³/mol. The van der Waals surface area contributed by atoms with E-state index in [9.17, 15) is 13.2 Å². The molecular weight excluding hydrogens is 380 g/mol. The molecule has 0 aliphatic carbocycles. The van der Waals surface area contributed by atoms with Crippen molar-refractivity contribution in [2.24, 2.45) is 0 Å². The van der Waals surface area contributed by atoms with Crippen molar-refractivity contribution in [3.05, 3.63) is 60.3 Å². The molecule has 2 aromatic carbocycles. The molecule has 3 aromatic rings. The lowest BCUT2D eigenvalue weighted by Gasteiger charge is -2.13. The van der Waals surface area contributed by atoms with E-state index in [-0.39, 0.29) is 11.5 Å². The maximum absolute atomic E-state index is 12.9. The smallest absolute Gasteiger partial charge is 0.338 e. The summed E-state index contributed by atoms with van der Waals surface area (Å²) >= 11 is 0. The van der Waals surface area contributed by atoms with E-state index in [1.165, 1.54) is 30.3 Å². The van der Waals surface area contributed by atoms with E-state index in [2.05, 4.69) is 9.71 Å². The van der Waals surface area contributed by atoms with Crippen LogP contribution in [-0.4, -0.2) is 32.6 Å². The van der Waals surface area contributed by atoms with Crippen LogP contribution in [-0.2, 0) is 14.8 Å². The third kappa shape index (κ3) is 4.07. The number of carbonyl (C=O) groups is 1. The molecule has 0 saturated carbocycles. The Morgan fingerprint density at radius 2 is 1.79 bits per heavy atom. The van der Waals surface area contributed by atoms with Crippen LogP contribution in [0.4, 0.5) is 5.69 Å². The van der Waals surface area contributed by atoms with Crippen molar-refractivity contribution >= 4 is 32.6 Å². The number of fused-ring (bicyclic) bond motifs is 1. The van der Waals surface area contributed by atoms with Crippen LogP contribution >= 0.6 is 0 Å². The van der Waals surface area contributed by atoms with Gasteiger partial charge in [0.1, 0.15) is 11.3 Å². The highest BCUT2D eigenvalue weighted by atomic mass is 32.2. The van der Waals surface area contributed by atoms with Crippen LogP contribution in [0.3, 0.4) is 0 Å². The molecule has 0 aliphatic rings. The van der Waals surface area contributed by atoms with E-state index in [0.717, 1.165) is 0 Å². The second-order valence-corrected chi connectivity index (χ2v) is 7.45. The molecule has 0 aliphatic heterocycles. The molecule has 8 heteroatoms. The molecule has 0 unspecified atom stereocenters. The third-order valence-electron chi connectivity index (χ3n) is 3.93. The minimum absolute atomic E-state index is 0.0912. The average Bonchev–Trinajstić information content (AvgIpc) is 2.68. The van der Waals surface area contributed by atoms with Crippen LogP contribution in [0.15, 0.2) is 59.6 Å². The van der Waals surface area contributed by atoms with E-state index < -0.39 is 16.0 Å². The molecular formula is C20H20N2O5S. The largest absolute Gasteiger partial charge is 0.492 e. The van der Waals surface area contributed by atoms with Gasteiger partial charge in [-0.2, -0.15) is 0 Å². The monoisotopic (exact) mass is 400 g/mol. The molecule has 7 nitrogen and oxygen atoms in total. The SMILES string of the molecule is CCOC(=O)c1ccc(NS(=O)(=O)c2ccc(OCC)c3ncccc23)cc1. The van der Waals surface area contributed by atoms with E-state index in [1.807, 2.05) is 6.92 Å². The topological polar surface area (TPSA) is 94.6 Å². The molecule has 28 heavy (non-hydrogen) atoms. The molecule has 1 N–H and O–H groups in total. The lowest BCUT2D eigenvalue weighted by atomic mass is 10.2. The van der Waals surface area contributed by atoms with E-state index >= 15 is 0 Å². The Labute approximate surface area is 163 Å². The zero-order valence-corrected chi connectivity index (χ0v) is 16.3. The third-order valence-corrected chi connectivity index (χ3v) is 5.37. The summed E-state index contributed by atoms with van der Waals surface area (Å²) in [6.07, 6.45) is 1.59. The number of hydrogen-bond donors (Lipinski definition) is 1. The molecule has 0 atom stereocenters. The number of benzene rings is 2. The summed E-state index contributed by atoms with van der Waals surface area (Å²) in [5, 5.41) is 0.462. The van der Waals surface area contributed by atoms with Gasteiger partial charge in [-0.05, 0) is 62.4 Å². The summed E-state index contributed by atoms with van der Waals surface area (Å²) in [5.41, 5.74) is 1.16. The molecule has 0 spiro atoms. The molecule has 1 heterocycles. The first-order chi connectivity index (χ1) is 13.5. The van der Waals surface area contributed by atoms with Crippen LogP contribution < -0.4 is 9.46 Å². The van der Waals surface area contributed by atoms with Crippen molar-refractivity contribution in [2.45, 2.75) is 18.7 Å². The highest BCUT2D eigenvalue weighted by Gasteiger charge is 2.20. The summed E-state index contributed by atoms with van der Waals surface area (Å²) in [7, 11) is -3.88. The number of sulfonamides is 1. The average molecular weight is 400 g/mol.